The summed E-state index contributed by atoms with van der Waals surface area (Å²) in [5.41, 5.74) is 2.83. The molecule has 2 rings (SSSR count). The molecule has 36 heavy (non-hydrogen) atoms. The van der Waals surface area contributed by atoms with Gasteiger partial charge in [0.25, 0.3) is 6.47 Å². The van der Waals surface area contributed by atoms with Crippen LogP contribution in [-0.4, -0.2) is 30.1 Å². The van der Waals surface area contributed by atoms with Crippen molar-refractivity contribution in [1.82, 2.24) is 0 Å². The molecule has 1 atom stereocenters. The Hall–Kier alpha value is -3.67. The summed E-state index contributed by atoms with van der Waals surface area (Å²) in [6.07, 6.45) is 9.88. The average Bonchev–Trinajstić information content (AvgIpc) is 2.83. The Balaban J connectivity index is 0.00000134. The minimum atomic E-state index is -0.461. The van der Waals surface area contributed by atoms with Crippen LogP contribution < -0.4 is 9.47 Å². The predicted molar refractivity (Wildman–Crippen MR) is 145 cm³/mol. The van der Waals surface area contributed by atoms with Crippen LogP contribution in [0.2, 0.25) is 0 Å². The van der Waals surface area contributed by atoms with Crippen LogP contribution in [-0.2, 0) is 11.2 Å². The normalized spacial score (nSPS) is 10.7. The van der Waals surface area contributed by atoms with E-state index in [1.165, 1.54) is 35.4 Å². The Morgan fingerprint density at radius 1 is 1.19 bits per heavy atom. The second-order valence-corrected chi connectivity index (χ2v) is 7.83. The summed E-state index contributed by atoms with van der Waals surface area (Å²) in [5, 5.41) is 6.89. The minimum absolute atomic E-state index is 0.144. The van der Waals surface area contributed by atoms with Crippen molar-refractivity contribution in [3.63, 3.8) is 0 Å². The maximum absolute atomic E-state index is 13.5. The third-order valence-electron chi connectivity index (χ3n) is 4.85. The third-order valence-corrected chi connectivity index (χ3v) is 4.85. The van der Waals surface area contributed by atoms with E-state index in [0.717, 1.165) is 18.6 Å². The van der Waals surface area contributed by atoms with Crippen molar-refractivity contribution in [3.8, 4) is 11.5 Å². The Kier molecular flexibility index (Phi) is 17.6. The van der Waals surface area contributed by atoms with Crippen molar-refractivity contribution < 1.29 is 28.6 Å². The molecule has 0 aliphatic carbocycles. The first-order valence-corrected chi connectivity index (χ1v) is 11.9. The molecule has 0 radical (unpaired) electrons. The number of carboxylic acid groups (broad SMARTS) is 1. The predicted octanol–water partition coefficient (Wildman–Crippen LogP) is 7.53. The van der Waals surface area contributed by atoms with Gasteiger partial charge in [0.2, 0.25) is 0 Å². The topological polar surface area (TPSA) is 72.8 Å². The van der Waals surface area contributed by atoms with Crippen LogP contribution in [0.3, 0.4) is 0 Å². The van der Waals surface area contributed by atoms with Crippen LogP contribution in [0.5, 0.6) is 11.5 Å². The van der Waals surface area contributed by atoms with Gasteiger partial charge < -0.3 is 14.6 Å². The SMILES string of the molecule is C=C/C=C\C.C=CCC(=O)c1cc(F)ccc1O[C@H](C)CCOc1ccc(CCC)c(C)c1.O=CO. The highest BCUT2D eigenvalue weighted by atomic mass is 19.1. The molecule has 0 fully saturated rings. The van der Waals surface area contributed by atoms with Gasteiger partial charge in [-0.3, -0.25) is 9.59 Å². The van der Waals surface area contributed by atoms with Crippen LogP contribution >= 0.6 is 0 Å². The fourth-order valence-electron chi connectivity index (χ4n) is 3.13. The zero-order chi connectivity index (χ0) is 27.3. The van der Waals surface area contributed by atoms with Gasteiger partial charge >= 0.3 is 0 Å². The summed E-state index contributed by atoms with van der Waals surface area (Å²) in [6.45, 7) is 15.4. The fraction of sp³-hybridized carbons (Fsp3) is 0.333. The van der Waals surface area contributed by atoms with Crippen LogP contribution in [0.1, 0.15) is 61.5 Å². The Bertz CT molecular complexity index is 981. The first-order chi connectivity index (χ1) is 17.3. The average molecular weight is 499 g/mol. The maximum atomic E-state index is 13.5. The summed E-state index contributed by atoms with van der Waals surface area (Å²) in [5.74, 6) is 0.557. The van der Waals surface area contributed by atoms with E-state index in [1.54, 1.807) is 6.08 Å². The number of allylic oxidation sites excluding steroid dienone is 4. The second-order valence-electron chi connectivity index (χ2n) is 7.83. The van der Waals surface area contributed by atoms with Gasteiger partial charge in [-0.25, -0.2) is 4.39 Å². The Morgan fingerprint density at radius 3 is 2.42 bits per heavy atom. The van der Waals surface area contributed by atoms with Gasteiger partial charge in [0.1, 0.15) is 17.3 Å². The highest BCUT2D eigenvalue weighted by Crippen LogP contribution is 2.24. The maximum Gasteiger partial charge on any atom is 0.290 e. The summed E-state index contributed by atoms with van der Waals surface area (Å²) in [4.78, 5) is 20.5. The van der Waals surface area contributed by atoms with Crippen molar-refractivity contribution in [3.05, 3.63) is 96.4 Å². The first kappa shape index (κ1) is 32.3. The molecular formula is C30H39FO5. The molecule has 0 aliphatic heterocycles. The number of aryl methyl sites for hydroxylation is 2. The number of carbonyl (C=O) groups excluding carboxylic acids is 1. The quantitative estimate of drug-likeness (QED) is 0.142. The van der Waals surface area contributed by atoms with Gasteiger partial charge in [-0.05, 0) is 68.7 Å². The Labute approximate surface area is 215 Å². The highest BCUT2D eigenvalue weighted by Gasteiger charge is 2.15. The molecule has 0 aromatic heterocycles. The Morgan fingerprint density at radius 2 is 1.89 bits per heavy atom. The molecule has 0 heterocycles. The summed E-state index contributed by atoms with van der Waals surface area (Å²) in [6, 6.07) is 10.2. The van der Waals surface area contributed by atoms with E-state index >= 15 is 0 Å². The van der Waals surface area contributed by atoms with E-state index < -0.39 is 5.82 Å². The largest absolute Gasteiger partial charge is 0.493 e. The molecule has 0 saturated heterocycles. The van der Waals surface area contributed by atoms with E-state index in [4.69, 9.17) is 19.4 Å². The van der Waals surface area contributed by atoms with Gasteiger partial charge in [0.05, 0.1) is 18.3 Å². The van der Waals surface area contributed by atoms with Crippen molar-refractivity contribution in [2.75, 3.05) is 6.61 Å². The summed E-state index contributed by atoms with van der Waals surface area (Å²) < 4.78 is 25.3. The monoisotopic (exact) mass is 498 g/mol. The molecule has 0 saturated carbocycles. The molecule has 0 bridgehead atoms. The summed E-state index contributed by atoms with van der Waals surface area (Å²) in [7, 11) is 0. The van der Waals surface area contributed by atoms with Crippen LogP contribution in [0, 0.1) is 12.7 Å². The molecule has 0 spiro atoms. The molecule has 0 aliphatic rings. The molecule has 196 valence electrons. The van der Waals surface area contributed by atoms with Crippen molar-refractivity contribution in [1.29, 1.82) is 0 Å². The van der Waals surface area contributed by atoms with E-state index in [0.29, 0.717) is 18.8 Å². The number of rotatable bonds is 12. The van der Waals surface area contributed by atoms with E-state index in [2.05, 4.69) is 39.1 Å². The van der Waals surface area contributed by atoms with Gasteiger partial charge in [0, 0.05) is 12.8 Å². The number of hydrogen-bond acceptors (Lipinski definition) is 4. The molecule has 5 nitrogen and oxygen atoms in total. The number of ketones is 1. The van der Waals surface area contributed by atoms with Crippen molar-refractivity contribution in [2.45, 2.75) is 59.5 Å². The van der Waals surface area contributed by atoms with Gasteiger partial charge in [0.15, 0.2) is 5.78 Å². The molecular weight excluding hydrogens is 459 g/mol. The van der Waals surface area contributed by atoms with Crippen LogP contribution in [0.4, 0.5) is 4.39 Å². The lowest BCUT2D eigenvalue weighted by molar-refractivity contribution is -0.122. The molecule has 0 amide bonds. The van der Waals surface area contributed by atoms with Crippen LogP contribution in [0.25, 0.3) is 0 Å². The number of Topliss-reactive ketones (excluding diaryl/α,β-unsaturated/α-hetero) is 1. The number of benzene rings is 2. The van der Waals surface area contributed by atoms with E-state index in [1.807, 2.05) is 32.1 Å². The van der Waals surface area contributed by atoms with E-state index in [9.17, 15) is 9.18 Å². The fourth-order valence-corrected chi connectivity index (χ4v) is 3.13. The summed E-state index contributed by atoms with van der Waals surface area (Å²) >= 11 is 0. The van der Waals surface area contributed by atoms with Gasteiger partial charge in [-0.1, -0.05) is 50.3 Å². The smallest absolute Gasteiger partial charge is 0.290 e. The molecule has 0 unspecified atom stereocenters. The number of ether oxygens (including phenoxy) is 2. The third kappa shape index (κ3) is 13.3. The minimum Gasteiger partial charge on any atom is -0.493 e. The van der Waals surface area contributed by atoms with Gasteiger partial charge in [-0.2, -0.15) is 0 Å². The number of halogens is 1. The van der Waals surface area contributed by atoms with Crippen molar-refractivity contribution >= 4 is 12.3 Å². The zero-order valence-electron chi connectivity index (χ0n) is 21.8. The van der Waals surface area contributed by atoms with Crippen LogP contribution in [0.15, 0.2) is 73.9 Å². The lowest BCUT2D eigenvalue weighted by Gasteiger charge is -2.18. The standard InChI is InChI=1S/C24H29FO3.C5H8.CH2O2/c1-5-7-19-9-11-21(15-17(19)3)27-14-13-18(4)28-24-12-10-20(25)16-22(24)23(26)8-6-2;1-3-5-4-2;2-1-3/h6,9-12,15-16,18H,2,5,7-8,13-14H2,1,3-4H3;3-5H,1H2,2H3;1H,(H,2,3)/b;5-4-;/t18-;;/m1../s1. The molecule has 2 aromatic carbocycles. The van der Waals surface area contributed by atoms with Gasteiger partial charge in [-0.15, -0.1) is 6.58 Å². The number of hydrogen-bond donors (Lipinski definition) is 1. The second kappa shape index (κ2) is 19.6. The lowest BCUT2D eigenvalue weighted by atomic mass is 10.0. The molecule has 6 heteroatoms. The highest BCUT2D eigenvalue weighted by molar-refractivity contribution is 5.99. The number of carbonyl (C=O) groups is 2. The first-order valence-electron chi connectivity index (χ1n) is 11.9. The molecule has 2 aromatic rings. The van der Waals surface area contributed by atoms with E-state index in [-0.39, 0.29) is 30.3 Å². The van der Waals surface area contributed by atoms with Crippen molar-refractivity contribution in [2.24, 2.45) is 0 Å². The zero-order valence-corrected chi connectivity index (χ0v) is 21.8. The lowest BCUT2D eigenvalue weighted by Crippen LogP contribution is -2.17. The molecule has 1 N–H and O–H groups in total.